The Kier molecular flexibility index (Phi) is 5.22. The van der Waals surface area contributed by atoms with Crippen LogP contribution in [0.3, 0.4) is 0 Å². The average molecular weight is 349 g/mol. The normalized spacial score (nSPS) is 40.7. The fourth-order valence-corrected chi connectivity index (χ4v) is 3.03. The van der Waals surface area contributed by atoms with Gasteiger partial charge in [-0.15, -0.1) is 0 Å². The Morgan fingerprint density at radius 2 is 1.79 bits per heavy atom. The van der Waals surface area contributed by atoms with Crippen molar-refractivity contribution in [3.05, 3.63) is 29.8 Å². The summed E-state index contributed by atoms with van der Waals surface area (Å²) in [6, 6.07) is 6.06. The van der Waals surface area contributed by atoms with Gasteiger partial charge in [-0.3, -0.25) is 4.99 Å². The van der Waals surface area contributed by atoms with Gasteiger partial charge in [0, 0.05) is 11.8 Å². The second-order valence-corrected chi connectivity index (χ2v) is 5.55. The molecule has 0 radical (unpaired) electrons. The minimum absolute atomic E-state index is 0. The summed E-state index contributed by atoms with van der Waals surface area (Å²) in [5.74, 6) is -1.73. The number of para-hydroxylation sites is 1. The van der Waals surface area contributed by atoms with Gasteiger partial charge >= 0.3 is 35.5 Å². The summed E-state index contributed by atoms with van der Waals surface area (Å²) in [6.07, 6.45) is -7.61. The third-order valence-corrected chi connectivity index (χ3v) is 4.28. The number of carboxylic acids is 1. The average Bonchev–Trinajstić information content (AvgIpc) is 2.88. The summed E-state index contributed by atoms with van der Waals surface area (Å²) in [5.41, 5.74) is -5.01. The van der Waals surface area contributed by atoms with Crippen molar-refractivity contribution in [3.63, 3.8) is 0 Å². The quantitative estimate of drug-likeness (QED) is 0.312. The standard InChI is InChI=1S/C14H15NO8.Na.H/c16-8-9(17)14(22,10(11(18)19)23-12(8)20)13(21)5-15-7-4-2-1-3-6(7)13;;/h1-5,8-10,12,16-17,20-22H,(H,18,19);;/t8-,9-,10-,12-,13?,14+;;/m1../s1. The number of aliphatic carboxylic acids is 1. The topological polar surface area (TPSA) is 160 Å². The second kappa shape index (κ2) is 6.45. The number of carbonyl (C=O) groups is 1. The van der Waals surface area contributed by atoms with E-state index < -0.39 is 41.8 Å². The first-order valence-corrected chi connectivity index (χ1v) is 6.75. The van der Waals surface area contributed by atoms with E-state index in [9.17, 15) is 35.4 Å². The van der Waals surface area contributed by atoms with E-state index in [1.54, 1.807) is 6.07 Å². The predicted molar refractivity (Wildman–Crippen MR) is 81.1 cm³/mol. The maximum absolute atomic E-state index is 11.4. The number of nitrogens with zero attached hydrogens (tertiary/aromatic N) is 1. The molecule has 6 atom stereocenters. The van der Waals surface area contributed by atoms with Crippen molar-refractivity contribution >= 4 is 47.4 Å². The zero-order valence-electron chi connectivity index (χ0n) is 11.6. The minimum atomic E-state index is -2.88. The summed E-state index contributed by atoms with van der Waals surface area (Å²) in [5, 5.41) is 60.6. The van der Waals surface area contributed by atoms with Crippen LogP contribution in [0.4, 0.5) is 5.69 Å². The van der Waals surface area contributed by atoms with Crippen LogP contribution < -0.4 is 0 Å². The summed E-state index contributed by atoms with van der Waals surface area (Å²) < 4.78 is 4.71. The van der Waals surface area contributed by atoms with E-state index in [0.29, 0.717) is 0 Å². The van der Waals surface area contributed by atoms with Gasteiger partial charge < -0.3 is 35.4 Å². The molecule has 2 aliphatic heterocycles. The van der Waals surface area contributed by atoms with Crippen LogP contribution in [0, 0.1) is 0 Å². The molecule has 9 nitrogen and oxygen atoms in total. The Morgan fingerprint density at radius 1 is 1.17 bits per heavy atom. The van der Waals surface area contributed by atoms with E-state index in [1.165, 1.54) is 18.2 Å². The number of aliphatic hydroxyl groups is 5. The Balaban J connectivity index is 0.00000208. The molecule has 1 fully saturated rings. The number of ether oxygens (including phenoxy) is 1. The first-order valence-electron chi connectivity index (χ1n) is 6.75. The number of hydrogen-bond donors (Lipinski definition) is 6. The van der Waals surface area contributed by atoms with Crippen LogP contribution in [-0.2, 0) is 15.1 Å². The van der Waals surface area contributed by atoms with Crippen LogP contribution in [0.25, 0.3) is 0 Å². The molecule has 3 rings (SSSR count). The molecule has 1 saturated heterocycles. The molecule has 0 saturated carbocycles. The fourth-order valence-electron chi connectivity index (χ4n) is 3.03. The van der Waals surface area contributed by atoms with Crippen LogP contribution in [-0.4, -0.2) is 103 Å². The van der Waals surface area contributed by atoms with Gasteiger partial charge in [0.15, 0.2) is 23.6 Å². The summed E-state index contributed by atoms with van der Waals surface area (Å²) >= 11 is 0. The number of aliphatic hydroxyl groups excluding tert-OH is 3. The maximum atomic E-state index is 11.4. The molecule has 126 valence electrons. The number of aliphatic imine (C=N–C) groups is 1. The fraction of sp³-hybridized carbons (Fsp3) is 0.429. The molecule has 0 spiro atoms. The van der Waals surface area contributed by atoms with Gasteiger partial charge in [-0.1, -0.05) is 18.2 Å². The molecule has 6 N–H and O–H groups in total. The molecule has 24 heavy (non-hydrogen) atoms. The Morgan fingerprint density at radius 3 is 2.42 bits per heavy atom. The number of fused-ring (bicyclic) bond motifs is 1. The second-order valence-electron chi connectivity index (χ2n) is 5.55. The third-order valence-electron chi connectivity index (χ3n) is 4.28. The van der Waals surface area contributed by atoms with E-state index in [0.717, 1.165) is 6.21 Å². The molecule has 1 aromatic rings. The van der Waals surface area contributed by atoms with E-state index in [1.807, 2.05) is 0 Å². The van der Waals surface area contributed by atoms with Crippen LogP contribution in [0.5, 0.6) is 0 Å². The molecule has 0 amide bonds. The van der Waals surface area contributed by atoms with Gasteiger partial charge in [0.1, 0.15) is 12.2 Å². The van der Waals surface area contributed by atoms with Crippen molar-refractivity contribution in [1.29, 1.82) is 0 Å². The molecular weight excluding hydrogens is 333 g/mol. The Labute approximate surface area is 158 Å². The molecule has 0 aliphatic carbocycles. The van der Waals surface area contributed by atoms with Crippen LogP contribution in [0.15, 0.2) is 29.3 Å². The third kappa shape index (κ3) is 2.45. The molecular formula is C14H16NNaO8. The first kappa shape index (κ1) is 19.4. The van der Waals surface area contributed by atoms with E-state index in [2.05, 4.69) is 4.99 Å². The Bertz CT molecular complexity index is 684. The summed E-state index contributed by atoms with van der Waals surface area (Å²) in [4.78, 5) is 15.3. The Hall–Kier alpha value is -0.880. The number of carboxylic acid groups (broad SMARTS) is 1. The van der Waals surface area contributed by atoms with Crippen LogP contribution in [0.1, 0.15) is 5.56 Å². The van der Waals surface area contributed by atoms with Gasteiger partial charge in [-0.25, -0.2) is 4.79 Å². The zero-order chi connectivity index (χ0) is 17.0. The zero-order valence-corrected chi connectivity index (χ0v) is 11.6. The van der Waals surface area contributed by atoms with E-state index in [-0.39, 0.29) is 40.8 Å². The van der Waals surface area contributed by atoms with Crippen molar-refractivity contribution in [2.75, 3.05) is 0 Å². The first-order chi connectivity index (χ1) is 10.7. The number of hydrogen-bond acceptors (Lipinski definition) is 8. The van der Waals surface area contributed by atoms with Gasteiger partial charge in [0.05, 0.1) is 5.69 Å². The molecule has 0 aromatic heterocycles. The van der Waals surface area contributed by atoms with Crippen molar-refractivity contribution < 1.29 is 40.2 Å². The van der Waals surface area contributed by atoms with Gasteiger partial charge in [0.25, 0.3) is 0 Å². The molecule has 1 unspecified atom stereocenters. The van der Waals surface area contributed by atoms with Gasteiger partial charge in [-0.05, 0) is 6.07 Å². The molecule has 2 aliphatic rings. The predicted octanol–water partition coefficient (Wildman–Crippen LogP) is -2.80. The van der Waals surface area contributed by atoms with Gasteiger partial charge in [-0.2, -0.15) is 0 Å². The van der Waals surface area contributed by atoms with Crippen molar-refractivity contribution in [2.45, 2.75) is 35.8 Å². The van der Waals surface area contributed by atoms with Crippen LogP contribution >= 0.6 is 0 Å². The van der Waals surface area contributed by atoms with Gasteiger partial charge in [0.2, 0.25) is 0 Å². The SMILES string of the molecule is O=C(O)[C@H]1O[C@@H](O)[C@H](O)[C@@H](O)[C@@]1(O)C1(O)C=Nc2ccccc21.[NaH]. The van der Waals surface area contributed by atoms with E-state index >= 15 is 0 Å². The summed E-state index contributed by atoms with van der Waals surface area (Å²) in [7, 11) is 0. The van der Waals surface area contributed by atoms with Crippen LogP contribution in [0.2, 0.25) is 0 Å². The van der Waals surface area contributed by atoms with Crippen molar-refractivity contribution in [1.82, 2.24) is 0 Å². The monoisotopic (exact) mass is 349 g/mol. The number of rotatable bonds is 2. The van der Waals surface area contributed by atoms with Crippen molar-refractivity contribution in [2.24, 2.45) is 4.99 Å². The molecule has 2 heterocycles. The number of benzene rings is 1. The van der Waals surface area contributed by atoms with Crippen molar-refractivity contribution in [3.8, 4) is 0 Å². The molecule has 1 aromatic carbocycles. The molecule has 0 bridgehead atoms. The molecule has 10 heteroatoms. The summed E-state index contributed by atoms with van der Waals surface area (Å²) in [6.45, 7) is 0. The van der Waals surface area contributed by atoms with E-state index in [4.69, 9.17) is 4.74 Å².